The van der Waals surface area contributed by atoms with E-state index in [1.807, 2.05) is 29.3 Å². The molecule has 1 unspecified atom stereocenters. The first-order chi connectivity index (χ1) is 12.3. The lowest BCUT2D eigenvalue weighted by molar-refractivity contribution is 0.239. The number of hydrogen-bond acceptors (Lipinski definition) is 7. The normalized spacial score (nSPS) is 17.5. The standard InChI is InChI=1S/C18H25N5O2/c24-9-8-22(12-15-4-3-6-19-11-15)17-10-18(21-14-20-17)23-7-2-1-5-16(23)13-25/h3-4,6,10-11,14,16,24-25H,1-2,5,7-9,12-13H2. The van der Waals surface area contributed by atoms with Crippen molar-refractivity contribution in [3.63, 3.8) is 0 Å². The second-order valence-electron chi connectivity index (χ2n) is 6.27. The molecule has 0 aromatic carbocycles. The topological polar surface area (TPSA) is 85.6 Å². The highest BCUT2D eigenvalue weighted by atomic mass is 16.3. The van der Waals surface area contributed by atoms with E-state index < -0.39 is 0 Å². The summed E-state index contributed by atoms with van der Waals surface area (Å²) in [5.41, 5.74) is 1.06. The second-order valence-corrected chi connectivity index (χ2v) is 6.27. The van der Waals surface area contributed by atoms with Crippen LogP contribution < -0.4 is 9.80 Å². The Morgan fingerprint density at radius 2 is 2.16 bits per heavy atom. The number of nitrogens with zero attached hydrogens (tertiary/aromatic N) is 5. The van der Waals surface area contributed by atoms with Gasteiger partial charge in [-0.15, -0.1) is 0 Å². The van der Waals surface area contributed by atoms with E-state index in [1.54, 1.807) is 12.5 Å². The van der Waals surface area contributed by atoms with Crippen LogP contribution in [0.3, 0.4) is 0 Å². The molecule has 7 nitrogen and oxygen atoms in total. The third kappa shape index (κ3) is 4.43. The van der Waals surface area contributed by atoms with Crippen LogP contribution in [0.1, 0.15) is 24.8 Å². The number of piperidine rings is 1. The van der Waals surface area contributed by atoms with Crippen molar-refractivity contribution in [3.05, 3.63) is 42.5 Å². The van der Waals surface area contributed by atoms with Crippen LogP contribution in [-0.2, 0) is 6.54 Å². The average Bonchev–Trinajstić information content (AvgIpc) is 2.68. The Bertz CT molecular complexity index is 655. The third-order valence-electron chi connectivity index (χ3n) is 4.56. The van der Waals surface area contributed by atoms with Gasteiger partial charge < -0.3 is 20.0 Å². The zero-order valence-electron chi connectivity index (χ0n) is 14.3. The molecule has 0 radical (unpaired) electrons. The van der Waals surface area contributed by atoms with Gasteiger partial charge in [0.05, 0.1) is 19.3 Å². The lowest BCUT2D eigenvalue weighted by Gasteiger charge is -2.36. The lowest BCUT2D eigenvalue weighted by atomic mass is 10.0. The average molecular weight is 343 g/mol. The Hall–Kier alpha value is -2.25. The minimum Gasteiger partial charge on any atom is -0.395 e. The van der Waals surface area contributed by atoms with Gasteiger partial charge in [0.25, 0.3) is 0 Å². The fourth-order valence-electron chi connectivity index (χ4n) is 3.27. The summed E-state index contributed by atoms with van der Waals surface area (Å²) in [5, 5.41) is 19.1. The molecule has 0 amide bonds. The summed E-state index contributed by atoms with van der Waals surface area (Å²) in [5.74, 6) is 1.60. The van der Waals surface area contributed by atoms with Crippen molar-refractivity contribution < 1.29 is 10.2 Å². The number of anilines is 2. The van der Waals surface area contributed by atoms with Gasteiger partial charge in [-0.1, -0.05) is 6.07 Å². The van der Waals surface area contributed by atoms with Crippen molar-refractivity contribution in [1.29, 1.82) is 0 Å². The first-order valence-electron chi connectivity index (χ1n) is 8.76. The molecule has 25 heavy (non-hydrogen) atoms. The quantitative estimate of drug-likeness (QED) is 0.782. The molecule has 1 aliphatic heterocycles. The summed E-state index contributed by atoms with van der Waals surface area (Å²) in [6.45, 7) is 2.17. The van der Waals surface area contributed by atoms with Gasteiger partial charge in [0.2, 0.25) is 0 Å². The molecular weight excluding hydrogens is 318 g/mol. The maximum atomic E-state index is 9.64. The van der Waals surface area contributed by atoms with Gasteiger partial charge in [-0.25, -0.2) is 9.97 Å². The van der Waals surface area contributed by atoms with Crippen LogP contribution in [0, 0.1) is 0 Å². The van der Waals surface area contributed by atoms with Crippen molar-refractivity contribution >= 4 is 11.6 Å². The van der Waals surface area contributed by atoms with E-state index in [2.05, 4.69) is 19.9 Å². The molecule has 2 aromatic heterocycles. The van der Waals surface area contributed by atoms with Crippen LogP contribution in [0.15, 0.2) is 36.9 Å². The van der Waals surface area contributed by atoms with Crippen LogP contribution in [0.2, 0.25) is 0 Å². The second kappa shape index (κ2) is 8.73. The Labute approximate surface area is 148 Å². The van der Waals surface area contributed by atoms with E-state index in [-0.39, 0.29) is 19.3 Å². The molecular formula is C18H25N5O2. The zero-order valence-corrected chi connectivity index (χ0v) is 14.3. The number of aliphatic hydroxyl groups is 2. The molecule has 0 spiro atoms. The van der Waals surface area contributed by atoms with Crippen molar-refractivity contribution in [2.45, 2.75) is 31.8 Å². The van der Waals surface area contributed by atoms with Crippen LogP contribution >= 0.6 is 0 Å². The summed E-state index contributed by atoms with van der Waals surface area (Å²) in [4.78, 5) is 17.1. The van der Waals surface area contributed by atoms with Crippen LogP contribution in [0.4, 0.5) is 11.6 Å². The minimum atomic E-state index is 0.0442. The summed E-state index contributed by atoms with van der Waals surface area (Å²) < 4.78 is 0. The number of aromatic nitrogens is 3. The molecule has 0 aliphatic carbocycles. The molecule has 3 rings (SSSR count). The van der Waals surface area contributed by atoms with Crippen molar-refractivity contribution in [2.75, 3.05) is 36.1 Å². The number of hydrogen-bond donors (Lipinski definition) is 2. The van der Waals surface area contributed by atoms with E-state index in [1.165, 1.54) is 0 Å². The highest BCUT2D eigenvalue weighted by Crippen LogP contribution is 2.25. The predicted molar refractivity (Wildman–Crippen MR) is 96.5 cm³/mol. The van der Waals surface area contributed by atoms with E-state index in [9.17, 15) is 10.2 Å². The van der Waals surface area contributed by atoms with E-state index in [4.69, 9.17) is 0 Å². The maximum Gasteiger partial charge on any atom is 0.134 e. The molecule has 1 saturated heterocycles. The number of aliphatic hydroxyl groups excluding tert-OH is 2. The first-order valence-corrected chi connectivity index (χ1v) is 8.76. The van der Waals surface area contributed by atoms with Gasteiger partial charge in [0.1, 0.15) is 18.0 Å². The molecule has 2 N–H and O–H groups in total. The predicted octanol–water partition coefficient (Wildman–Crippen LogP) is 1.22. The summed E-state index contributed by atoms with van der Waals surface area (Å²) >= 11 is 0. The molecule has 1 fully saturated rings. The highest BCUT2D eigenvalue weighted by Gasteiger charge is 2.23. The number of rotatable bonds is 7. The molecule has 134 valence electrons. The van der Waals surface area contributed by atoms with E-state index >= 15 is 0 Å². The van der Waals surface area contributed by atoms with Crippen molar-refractivity contribution in [1.82, 2.24) is 15.0 Å². The minimum absolute atomic E-state index is 0.0442. The van der Waals surface area contributed by atoms with E-state index in [0.717, 1.165) is 43.0 Å². The Kier molecular flexibility index (Phi) is 6.14. The molecule has 7 heteroatoms. The Morgan fingerprint density at radius 1 is 1.24 bits per heavy atom. The smallest absolute Gasteiger partial charge is 0.134 e. The maximum absolute atomic E-state index is 9.64. The molecule has 3 heterocycles. The fourth-order valence-corrected chi connectivity index (χ4v) is 3.27. The van der Waals surface area contributed by atoms with Crippen LogP contribution in [0.5, 0.6) is 0 Å². The van der Waals surface area contributed by atoms with Gasteiger partial charge in [-0.05, 0) is 30.9 Å². The largest absolute Gasteiger partial charge is 0.395 e. The molecule has 0 saturated carbocycles. The first kappa shape index (κ1) is 17.6. The summed E-state index contributed by atoms with van der Waals surface area (Å²) in [6.07, 6.45) is 8.34. The Balaban J connectivity index is 1.82. The number of pyridine rings is 1. The highest BCUT2D eigenvalue weighted by molar-refractivity contribution is 5.51. The molecule has 1 aliphatic rings. The molecule has 2 aromatic rings. The zero-order chi connectivity index (χ0) is 17.5. The summed E-state index contributed by atoms with van der Waals surface area (Å²) in [7, 11) is 0. The van der Waals surface area contributed by atoms with Gasteiger partial charge in [0.15, 0.2) is 0 Å². The van der Waals surface area contributed by atoms with Gasteiger partial charge in [0, 0.05) is 38.1 Å². The van der Waals surface area contributed by atoms with Gasteiger partial charge >= 0.3 is 0 Å². The Morgan fingerprint density at radius 3 is 2.92 bits per heavy atom. The molecule has 0 bridgehead atoms. The van der Waals surface area contributed by atoms with Gasteiger partial charge in [-0.2, -0.15) is 0 Å². The van der Waals surface area contributed by atoms with Crippen LogP contribution in [0.25, 0.3) is 0 Å². The van der Waals surface area contributed by atoms with Crippen molar-refractivity contribution in [2.24, 2.45) is 0 Å². The van der Waals surface area contributed by atoms with Crippen molar-refractivity contribution in [3.8, 4) is 0 Å². The fraction of sp³-hybridized carbons (Fsp3) is 0.500. The van der Waals surface area contributed by atoms with Crippen LogP contribution in [-0.4, -0.2) is 57.5 Å². The van der Waals surface area contributed by atoms with Gasteiger partial charge in [-0.3, -0.25) is 4.98 Å². The third-order valence-corrected chi connectivity index (χ3v) is 4.56. The SMILES string of the molecule is OCCN(Cc1cccnc1)c1cc(N2CCCCC2CO)ncn1. The van der Waals surface area contributed by atoms with E-state index in [0.29, 0.717) is 13.1 Å². The molecule has 1 atom stereocenters. The lowest BCUT2D eigenvalue weighted by Crippen LogP contribution is -2.42. The summed E-state index contributed by atoms with van der Waals surface area (Å²) in [6, 6.07) is 5.96. The monoisotopic (exact) mass is 343 g/mol.